The molecule has 6 heteroatoms. The third kappa shape index (κ3) is 2.65. The van der Waals surface area contributed by atoms with Crippen molar-refractivity contribution in [3.05, 3.63) is 35.0 Å². The molecule has 1 atom stereocenters. The van der Waals surface area contributed by atoms with Gasteiger partial charge in [-0.25, -0.2) is 0 Å². The van der Waals surface area contributed by atoms with Crippen LogP contribution in [0.1, 0.15) is 80.3 Å². The van der Waals surface area contributed by atoms with Gasteiger partial charge in [0.25, 0.3) is 0 Å². The first-order chi connectivity index (χ1) is 13.7. The first-order valence-corrected chi connectivity index (χ1v) is 10.7. The molecule has 6 nitrogen and oxygen atoms in total. The zero-order valence-corrected chi connectivity index (χ0v) is 16.4. The van der Waals surface area contributed by atoms with E-state index in [0.717, 1.165) is 36.3 Å². The molecule has 6 rings (SSSR count). The Bertz CT molecular complexity index is 898. The summed E-state index contributed by atoms with van der Waals surface area (Å²) in [7, 11) is 0. The first kappa shape index (κ1) is 16.8. The lowest BCUT2D eigenvalue weighted by Crippen LogP contribution is -2.45. The molecule has 0 N–H and O–H groups in total. The highest BCUT2D eigenvalue weighted by atomic mass is 16.6. The van der Waals surface area contributed by atoms with Crippen LogP contribution in [0.5, 0.6) is 11.5 Å². The predicted octanol–water partition coefficient (Wildman–Crippen LogP) is 4.11. The van der Waals surface area contributed by atoms with Crippen molar-refractivity contribution in [3.63, 3.8) is 0 Å². The van der Waals surface area contributed by atoms with Crippen molar-refractivity contribution < 1.29 is 14.0 Å². The van der Waals surface area contributed by atoms with Crippen molar-refractivity contribution in [3.8, 4) is 11.5 Å². The monoisotopic (exact) mass is 381 g/mol. The molecule has 0 amide bonds. The zero-order chi connectivity index (χ0) is 18.7. The fourth-order valence-electron chi connectivity index (χ4n) is 5.40. The maximum absolute atomic E-state index is 5.91. The number of hydrogen-bond donors (Lipinski definition) is 0. The smallest absolute Gasteiger partial charge is 0.240 e. The molecule has 148 valence electrons. The Kier molecular flexibility index (Phi) is 3.73. The lowest BCUT2D eigenvalue weighted by molar-refractivity contribution is 0.111. The van der Waals surface area contributed by atoms with E-state index in [4.69, 9.17) is 14.0 Å². The van der Waals surface area contributed by atoms with Crippen LogP contribution in [0.4, 0.5) is 0 Å². The van der Waals surface area contributed by atoms with E-state index in [2.05, 4.69) is 34.1 Å². The maximum Gasteiger partial charge on any atom is 0.240 e. The van der Waals surface area contributed by atoms with E-state index >= 15 is 0 Å². The molecule has 2 aliphatic carbocycles. The Morgan fingerprint density at radius 3 is 2.61 bits per heavy atom. The summed E-state index contributed by atoms with van der Waals surface area (Å²) in [5.41, 5.74) is 3.05. The lowest BCUT2D eigenvalue weighted by atomic mass is 9.71. The van der Waals surface area contributed by atoms with Gasteiger partial charge in [-0.1, -0.05) is 18.0 Å². The van der Waals surface area contributed by atoms with Crippen LogP contribution < -0.4 is 9.47 Å². The molecule has 0 radical (unpaired) electrons. The summed E-state index contributed by atoms with van der Waals surface area (Å²) in [4.78, 5) is 7.20. The minimum Gasteiger partial charge on any atom is -0.486 e. The molecule has 2 aliphatic heterocycles. The van der Waals surface area contributed by atoms with Crippen LogP contribution in [0.2, 0.25) is 0 Å². The van der Waals surface area contributed by atoms with Gasteiger partial charge in [-0.3, -0.25) is 4.90 Å². The molecule has 1 spiro atoms. The quantitative estimate of drug-likeness (QED) is 0.797. The lowest BCUT2D eigenvalue weighted by Gasteiger charge is -2.46. The van der Waals surface area contributed by atoms with E-state index in [9.17, 15) is 0 Å². The number of aromatic nitrogens is 2. The molecular weight excluding hydrogens is 354 g/mol. The van der Waals surface area contributed by atoms with Crippen LogP contribution in [0, 0.1) is 0 Å². The highest BCUT2D eigenvalue weighted by Crippen LogP contribution is 2.52. The van der Waals surface area contributed by atoms with Gasteiger partial charge in [0.2, 0.25) is 5.89 Å². The molecule has 0 bridgehead atoms. The summed E-state index contributed by atoms with van der Waals surface area (Å²) >= 11 is 0. The SMILES string of the molecule is C[C@H]1c2cc3c(cc2C2(CCCC2)CN1Cc1nc(C2CC2)no1)OCCO3. The Morgan fingerprint density at radius 1 is 1.11 bits per heavy atom. The van der Waals surface area contributed by atoms with E-state index in [1.807, 2.05) is 0 Å². The largest absolute Gasteiger partial charge is 0.486 e. The van der Waals surface area contributed by atoms with Gasteiger partial charge in [0, 0.05) is 23.9 Å². The van der Waals surface area contributed by atoms with Crippen molar-refractivity contribution in [2.45, 2.75) is 69.4 Å². The molecule has 4 aliphatic rings. The summed E-state index contributed by atoms with van der Waals surface area (Å²) in [6.07, 6.45) is 7.45. The number of hydrogen-bond acceptors (Lipinski definition) is 6. The Balaban J connectivity index is 1.36. The molecule has 3 heterocycles. The average Bonchev–Trinajstić information content (AvgIpc) is 3.28. The molecular formula is C22H27N3O3. The summed E-state index contributed by atoms with van der Waals surface area (Å²) < 4.78 is 17.4. The molecule has 28 heavy (non-hydrogen) atoms. The van der Waals surface area contributed by atoms with Crippen LogP contribution in [0.3, 0.4) is 0 Å². The van der Waals surface area contributed by atoms with Gasteiger partial charge in [0.05, 0.1) is 6.54 Å². The van der Waals surface area contributed by atoms with Gasteiger partial charge in [-0.05, 0) is 55.9 Å². The van der Waals surface area contributed by atoms with Crippen LogP contribution >= 0.6 is 0 Å². The molecule has 0 unspecified atom stereocenters. The molecule has 1 aromatic heterocycles. The van der Waals surface area contributed by atoms with Crippen LogP contribution in [0.25, 0.3) is 0 Å². The number of nitrogens with zero attached hydrogens (tertiary/aromatic N) is 3. The first-order valence-electron chi connectivity index (χ1n) is 10.7. The summed E-state index contributed by atoms with van der Waals surface area (Å²) in [6.45, 7) is 5.31. The molecule has 2 saturated carbocycles. The van der Waals surface area contributed by atoms with E-state index < -0.39 is 0 Å². The van der Waals surface area contributed by atoms with Crippen LogP contribution in [0.15, 0.2) is 16.7 Å². The maximum atomic E-state index is 5.91. The fourth-order valence-corrected chi connectivity index (χ4v) is 5.40. The predicted molar refractivity (Wildman–Crippen MR) is 103 cm³/mol. The van der Waals surface area contributed by atoms with Gasteiger partial charge < -0.3 is 14.0 Å². The number of benzene rings is 1. The second-order valence-electron chi connectivity index (χ2n) is 8.97. The topological polar surface area (TPSA) is 60.6 Å². The molecule has 2 aromatic rings. The summed E-state index contributed by atoms with van der Waals surface area (Å²) in [5.74, 6) is 3.99. The Morgan fingerprint density at radius 2 is 1.86 bits per heavy atom. The highest BCUT2D eigenvalue weighted by Gasteiger charge is 2.45. The van der Waals surface area contributed by atoms with E-state index in [-0.39, 0.29) is 11.5 Å². The van der Waals surface area contributed by atoms with Gasteiger partial charge >= 0.3 is 0 Å². The van der Waals surface area contributed by atoms with Crippen molar-refractivity contribution in [2.75, 3.05) is 19.8 Å². The Labute approximate surface area is 165 Å². The number of ether oxygens (including phenoxy) is 2. The van der Waals surface area contributed by atoms with Crippen molar-refractivity contribution >= 4 is 0 Å². The van der Waals surface area contributed by atoms with Gasteiger partial charge in [-0.2, -0.15) is 4.98 Å². The fraction of sp³-hybridized carbons (Fsp3) is 0.636. The van der Waals surface area contributed by atoms with Gasteiger partial charge in [0.15, 0.2) is 17.3 Å². The second kappa shape index (κ2) is 6.21. The molecule has 0 saturated heterocycles. The zero-order valence-electron chi connectivity index (χ0n) is 16.4. The van der Waals surface area contributed by atoms with E-state index in [1.165, 1.54) is 49.7 Å². The van der Waals surface area contributed by atoms with Crippen molar-refractivity contribution in [2.24, 2.45) is 0 Å². The highest BCUT2D eigenvalue weighted by molar-refractivity contribution is 5.53. The molecule has 1 aromatic carbocycles. The Hall–Kier alpha value is -2.08. The van der Waals surface area contributed by atoms with Crippen molar-refractivity contribution in [1.82, 2.24) is 15.0 Å². The van der Waals surface area contributed by atoms with Gasteiger partial charge in [0.1, 0.15) is 13.2 Å². The normalized spacial score (nSPS) is 25.8. The van der Waals surface area contributed by atoms with Gasteiger partial charge in [-0.15, -0.1) is 0 Å². The van der Waals surface area contributed by atoms with E-state index in [1.54, 1.807) is 0 Å². The van der Waals surface area contributed by atoms with Crippen LogP contribution in [-0.4, -0.2) is 34.8 Å². The third-order valence-electron chi connectivity index (χ3n) is 7.11. The third-order valence-corrected chi connectivity index (χ3v) is 7.11. The molecule has 2 fully saturated rings. The minimum atomic E-state index is 0.205. The number of rotatable bonds is 3. The van der Waals surface area contributed by atoms with Crippen molar-refractivity contribution in [1.29, 1.82) is 0 Å². The summed E-state index contributed by atoms with van der Waals surface area (Å²) in [5, 5.41) is 4.21. The minimum absolute atomic E-state index is 0.205. The van der Waals surface area contributed by atoms with Crippen LogP contribution in [-0.2, 0) is 12.0 Å². The standard InChI is InChI=1S/C22H27N3O3/c1-14-16-10-18-19(27-9-8-26-18)11-17(16)22(6-2-3-7-22)13-25(14)12-20-23-21(24-28-20)15-4-5-15/h10-11,14-15H,2-9,12-13H2,1H3/t14-/m0/s1. The second-order valence-corrected chi connectivity index (χ2v) is 8.97. The average molecular weight is 381 g/mol. The number of fused-ring (bicyclic) bond motifs is 3. The summed E-state index contributed by atoms with van der Waals surface area (Å²) in [6, 6.07) is 4.79. The van der Waals surface area contributed by atoms with E-state index in [0.29, 0.717) is 19.1 Å².